The quantitative estimate of drug-likeness (QED) is 0.120. The van der Waals surface area contributed by atoms with Crippen LogP contribution in [-0.2, 0) is 26.2 Å². The van der Waals surface area contributed by atoms with E-state index in [0.717, 1.165) is 42.5 Å². The lowest BCUT2D eigenvalue weighted by Crippen LogP contribution is -2.49. The summed E-state index contributed by atoms with van der Waals surface area (Å²) in [6, 6.07) is 15.4. The molecule has 4 heterocycles. The van der Waals surface area contributed by atoms with Crippen LogP contribution in [0.5, 0.6) is 11.5 Å². The zero-order valence-corrected chi connectivity index (χ0v) is 32.3. The van der Waals surface area contributed by atoms with Crippen molar-refractivity contribution in [2.45, 2.75) is 32.6 Å². The van der Waals surface area contributed by atoms with Crippen LogP contribution in [0.4, 0.5) is 11.5 Å². The number of imide groups is 2. The Morgan fingerprint density at radius 1 is 0.893 bits per heavy atom. The first kappa shape index (κ1) is 36.2. The van der Waals surface area contributed by atoms with Crippen molar-refractivity contribution in [3.05, 3.63) is 99.0 Å². The van der Waals surface area contributed by atoms with Gasteiger partial charge in [0.2, 0.25) is 23.6 Å². The fourth-order valence-electron chi connectivity index (χ4n) is 9.64. The van der Waals surface area contributed by atoms with E-state index in [1.54, 1.807) is 26.1 Å². The number of aryl methyl sites for hydroxylation is 2. The maximum absolute atomic E-state index is 15.1. The number of carbonyl (C=O) groups is 5. The maximum atomic E-state index is 15.1. The van der Waals surface area contributed by atoms with E-state index in [9.17, 15) is 34.5 Å². The standard InChI is InChI=1S/C41H32Cl2N4O8S/c1-17-24-12-19(43)5-11-31(24)56-35(17)28-16-32(45(3)44-28)47-37(51)27-15-25-21(34(41(27,2)40(47)55)26-13-18(42)4-10-29(26)48)8-9-23-33(25)38(52)46(36(23)50)20-6-7-22(39(53)54)30(49)14-20/h4-8,10-14,16,23,25,27,33-34,48-49H,9,15H2,1-3H3,(H,53,54). The van der Waals surface area contributed by atoms with Crippen molar-refractivity contribution in [1.82, 2.24) is 9.78 Å². The van der Waals surface area contributed by atoms with Gasteiger partial charge < -0.3 is 15.3 Å². The van der Waals surface area contributed by atoms with Gasteiger partial charge in [-0.05, 0) is 92.1 Å². The second-order valence-electron chi connectivity index (χ2n) is 15.1. The molecule has 2 aliphatic heterocycles. The third kappa shape index (κ3) is 4.96. The molecule has 2 saturated heterocycles. The molecular weight excluding hydrogens is 779 g/mol. The number of anilines is 2. The van der Waals surface area contributed by atoms with Gasteiger partial charge >= 0.3 is 5.97 Å². The summed E-state index contributed by atoms with van der Waals surface area (Å²) in [6.45, 7) is 3.68. The Morgan fingerprint density at radius 2 is 1.62 bits per heavy atom. The fourth-order valence-corrected chi connectivity index (χ4v) is 11.1. The minimum absolute atomic E-state index is 0.0189. The van der Waals surface area contributed by atoms with Crippen molar-refractivity contribution in [2.24, 2.45) is 36.1 Å². The molecule has 6 unspecified atom stereocenters. The molecule has 0 radical (unpaired) electrons. The molecular formula is C41H32Cl2N4O8S. The van der Waals surface area contributed by atoms with Crippen molar-refractivity contribution in [3.8, 4) is 22.1 Å². The van der Waals surface area contributed by atoms with Crippen LogP contribution in [0.15, 0.2) is 72.3 Å². The van der Waals surface area contributed by atoms with Gasteiger partial charge in [-0.3, -0.25) is 23.9 Å². The number of rotatable bonds is 5. The number of allylic oxidation sites excluding steroid dienone is 2. The van der Waals surface area contributed by atoms with Gasteiger partial charge in [0.05, 0.1) is 33.7 Å². The Labute approximate surface area is 333 Å². The number of carbonyl (C=O) groups excluding carboxylic acids is 4. The number of aromatic nitrogens is 2. The number of fused-ring (bicyclic) bond motifs is 5. The Balaban J connectivity index is 1.15. The molecule has 3 fully saturated rings. The van der Waals surface area contributed by atoms with Crippen molar-refractivity contribution in [1.29, 1.82) is 0 Å². The Hall–Kier alpha value is -5.50. The summed E-state index contributed by atoms with van der Waals surface area (Å²) in [5.74, 6) is -8.31. The third-order valence-corrected chi connectivity index (χ3v) is 14.0. The van der Waals surface area contributed by atoms with E-state index in [0.29, 0.717) is 26.9 Å². The normalized spacial score (nSPS) is 25.8. The molecule has 2 aliphatic carbocycles. The number of phenols is 2. The minimum Gasteiger partial charge on any atom is -0.508 e. The number of halogens is 2. The van der Waals surface area contributed by atoms with Gasteiger partial charge in [-0.1, -0.05) is 34.9 Å². The smallest absolute Gasteiger partial charge is 0.339 e. The first-order chi connectivity index (χ1) is 26.6. The van der Waals surface area contributed by atoms with Gasteiger partial charge in [-0.2, -0.15) is 5.10 Å². The predicted octanol–water partition coefficient (Wildman–Crippen LogP) is 7.46. The molecule has 4 amide bonds. The largest absolute Gasteiger partial charge is 0.508 e. The van der Waals surface area contributed by atoms with Crippen molar-refractivity contribution in [2.75, 3.05) is 9.80 Å². The number of carboxylic acid groups (broad SMARTS) is 1. The molecule has 9 rings (SSSR count). The molecule has 56 heavy (non-hydrogen) atoms. The first-order valence-corrected chi connectivity index (χ1v) is 19.4. The molecule has 6 atom stereocenters. The summed E-state index contributed by atoms with van der Waals surface area (Å²) < 4.78 is 2.51. The molecule has 15 heteroatoms. The van der Waals surface area contributed by atoms with E-state index < -0.39 is 70.4 Å². The topological polar surface area (TPSA) is 170 Å². The number of aromatic carboxylic acids is 1. The van der Waals surface area contributed by atoms with Gasteiger partial charge in [0.25, 0.3) is 0 Å². The molecule has 0 bridgehead atoms. The van der Waals surface area contributed by atoms with E-state index in [4.69, 9.17) is 28.3 Å². The van der Waals surface area contributed by atoms with Crippen LogP contribution in [0.1, 0.15) is 47.2 Å². The number of hydrogen-bond donors (Lipinski definition) is 3. The third-order valence-electron chi connectivity index (χ3n) is 12.3. The molecule has 12 nitrogen and oxygen atoms in total. The van der Waals surface area contributed by atoms with Crippen LogP contribution in [0, 0.1) is 36.0 Å². The van der Waals surface area contributed by atoms with Crippen LogP contribution >= 0.6 is 34.5 Å². The van der Waals surface area contributed by atoms with E-state index in [2.05, 4.69) is 0 Å². The number of benzene rings is 3. The summed E-state index contributed by atoms with van der Waals surface area (Å²) in [7, 11) is 1.66. The predicted molar refractivity (Wildman–Crippen MR) is 209 cm³/mol. The molecule has 4 aliphatic rings. The molecule has 2 aromatic heterocycles. The highest BCUT2D eigenvalue weighted by Gasteiger charge is 2.68. The van der Waals surface area contributed by atoms with E-state index in [1.807, 2.05) is 31.2 Å². The highest BCUT2D eigenvalue weighted by molar-refractivity contribution is 7.22. The molecule has 1 saturated carbocycles. The summed E-state index contributed by atoms with van der Waals surface area (Å²) >= 11 is 14.3. The molecule has 5 aromatic rings. The number of aromatic hydroxyl groups is 2. The Bertz CT molecular complexity index is 2670. The number of nitrogens with zero attached hydrogens (tertiary/aromatic N) is 4. The fraction of sp³-hybridized carbons (Fsp3) is 0.268. The SMILES string of the molecule is Cc1c(-c2cc(N3C(=O)C4CC5C(=CCC6C(=O)N(c7ccc(C(=O)O)c(O)c7)C(=O)C65)C(c5cc(Cl)ccc5O)C4(C)C3=O)n(C)n2)sc2ccc(Cl)cc12. The van der Waals surface area contributed by atoms with Crippen LogP contribution in [-0.4, -0.2) is 54.7 Å². The molecule has 3 aromatic carbocycles. The Kier molecular flexibility index (Phi) is 8.07. The van der Waals surface area contributed by atoms with Crippen molar-refractivity contribution < 1.29 is 39.3 Å². The zero-order chi connectivity index (χ0) is 39.7. The lowest BCUT2D eigenvalue weighted by molar-refractivity contribution is -0.131. The van der Waals surface area contributed by atoms with Crippen molar-refractivity contribution >= 4 is 85.7 Å². The molecule has 3 N–H and O–H groups in total. The lowest BCUT2D eigenvalue weighted by Gasteiger charge is -2.49. The maximum Gasteiger partial charge on any atom is 0.339 e. The first-order valence-electron chi connectivity index (χ1n) is 17.9. The zero-order valence-electron chi connectivity index (χ0n) is 30.0. The van der Waals surface area contributed by atoms with E-state index in [1.165, 1.54) is 34.2 Å². The van der Waals surface area contributed by atoms with Gasteiger partial charge in [0, 0.05) is 45.4 Å². The Morgan fingerprint density at radius 3 is 2.36 bits per heavy atom. The monoisotopic (exact) mass is 810 g/mol. The summed E-state index contributed by atoms with van der Waals surface area (Å²) in [5, 5.41) is 37.8. The number of carboxylic acids is 1. The average molecular weight is 812 g/mol. The van der Waals surface area contributed by atoms with E-state index >= 15 is 4.79 Å². The van der Waals surface area contributed by atoms with Gasteiger partial charge in [-0.15, -0.1) is 11.3 Å². The summed E-state index contributed by atoms with van der Waals surface area (Å²) in [5.41, 5.74) is 0.662. The molecule has 284 valence electrons. The number of phenolic OH excluding ortho intramolecular Hbond substituents is 1. The van der Waals surface area contributed by atoms with E-state index in [-0.39, 0.29) is 35.7 Å². The number of hydrogen-bond acceptors (Lipinski definition) is 9. The van der Waals surface area contributed by atoms with Gasteiger partial charge in [0.1, 0.15) is 28.6 Å². The van der Waals surface area contributed by atoms with Crippen LogP contribution in [0.2, 0.25) is 10.0 Å². The molecule has 0 spiro atoms. The van der Waals surface area contributed by atoms with Crippen LogP contribution < -0.4 is 9.80 Å². The van der Waals surface area contributed by atoms with Crippen molar-refractivity contribution in [3.63, 3.8) is 0 Å². The van der Waals surface area contributed by atoms with Gasteiger partial charge in [-0.25, -0.2) is 14.6 Å². The number of amides is 4. The minimum atomic E-state index is -1.45. The summed E-state index contributed by atoms with van der Waals surface area (Å²) in [4.78, 5) is 72.9. The highest BCUT2D eigenvalue weighted by Crippen LogP contribution is 2.64. The second-order valence-corrected chi connectivity index (χ2v) is 17.0. The average Bonchev–Trinajstić information content (AvgIpc) is 3.82. The summed E-state index contributed by atoms with van der Waals surface area (Å²) in [6.07, 6.45) is 2.03. The second kappa shape index (κ2) is 12.5. The number of thiophene rings is 1. The van der Waals surface area contributed by atoms with Crippen LogP contribution in [0.3, 0.4) is 0 Å². The van der Waals surface area contributed by atoms with Crippen LogP contribution in [0.25, 0.3) is 20.7 Å². The van der Waals surface area contributed by atoms with Gasteiger partial charge in [0.15, 0.2) is 0 Å². The lowest BCUT2D eigenvalue weighted by atomic mass is 9.51. The highest BCUT2D eigenvalue weighted by atomic mass is 35.5.